The molecule has 0 N–H and O–H groups in total. The van der Waals surface area contributed by atoms with E-state index in [-0.39, 0.29) is 18.7 Å². The Morgan fingerprint density at radius 3 is 2.81 bits per heavy atom. The molecule has 0 aromatic heterocycles. The van der Waals surface area contributed by atoms with Crippen LogP contribution in [0.5, 0.6) is 17.2 Å². The second-order valence-corrected chi connectivity index (χ2v) is 9.07. The highest BCUT2D eigenvalue weighted by Gasteiger charge is 2.55. The smallest absolute Gasteiger partial charge is 0.313 e. The van der Waals surface area contributed by atoms with Crippen molar-refractivity contribution in [3.05, 3.63) is 64.7 Å². The highest BCUT2D eigenvalue weighted by molar-refractivity contribution is 6.32. The van der Waals surface area contributed by atoms with Gasteiger partial charge in [0, 0.05) is 5.92 Å². The lowest BCUT2D eigenvalue weighted by Crippen LogP contribution is -2.31. The first-order chi connectivity index (χ1) is 15.0. The molecule has 0 radical (unpaired) electrons. The molecule has 5 rings (SSSR count). The average molecular weight is 441 g/mol. The first-order valence-corrected chi connectivity index (χ1v) is 11.0. The summed E-state index contributed by atoms with van der Waals surface area (Å²) in [6.45, 7) is 5.45. The van der Waals surface area contributed by atoms with Crippen molar-refractivity contribution >= 4 is 17.6 Å². The number of aryl methyl sites for hydroxylation is 1. The summed E-state index contributed by atoms with van der Waals surface area (Å²) in [5, 5.41) is 0.566. The number of halogens is 1. The number of fused-ring (bicyclic) bond motifs is 2. The van der Waals surface area contributed by atoms with E-state index in [1.54, 1.807) is 0 Å². The molecule has 0 spiro atoms. The number of hydrogen-bond donors (Lipinski definition) is 0. The lowest BCUT2D eigenvalue weighted by Gasteiger charge is -2.24. The van der Waals surface area contributed by atoms with Gasteiger partial charge in [-0.3, -0.25) is 4.79 Å². The molecule has 3 aliphatic rings. The van der Waals surface area contributed by atoms with Crippen LogP contribution in [-0.2, 0) is 22.4 Å². The summed E-state index contributed by atoms with van der Waals surface area (Å²) in [5.41, 5.74) is 2.86. The van der Waals surface area contributed by atoms with Crippen molar-refractivity contribution in [3.8, 4) is 17.2 Å². The van der Waals surface area contributed by atoms with Crippen molar-refractivity contribution in [2.45, 2.75) is 32.1 Å². The van der Waals surface area contributed by atoms with Gasteiger partial charge < -0.3 is 18.9 Å². The van der Waals surface area contributed by atoms with Crippen molar-refractivity contribution in [2.75, 3.05) is 20.0 Å². The van der Waals surface area contributed by atoms with E-state index in [2.05, 4.69) is 6.58 Å². The maximum Gasteiger partial charge on any atom is 0.313 e. The topological polar surface area (TPSA) is 54.0 Å². The molecule has 6 heteroatoms. The largest absolute Gasteiger partial charge is 0.492 e. The molecule has 2 fully saturated rings. The molecule has 2 unspecified atom stereocenters. The van der Waals surface area contributed by atoms with Gasteiger partial charge in [0.05, 0.1) is 23.7 Å². The number of ether oxygens (including phenoxy) is 4. The molecule has 2 aromatic carbocycles. The minimum atomic E-state index is -0.479. The summed E-state index contributed by atoms with van der Waals surface area (Å²) >= 11 is 6.49. The van der Waals surface area contributed by atoms with Gasteiger partial charge in [-0.05, 0) is 67.5 Å². The molecule has 2 atom stereocenters. The van der Waals surface area contributed by atoms with E-state index >= 15 is 0 Å². The summed E-state index contributed by atoms with van der Waals surface area (Å²) in [7, 11) is 0. The van der Waals surface area contributed by atoms with E-state index in [9.17, 15) is 4.79 Å². The summed E-state index contributed by atoms with van der Waals surface area (Å²) in [4.78, 5) is 12.5. The summed E-state index contributed by atoms with van der Waals surface area (Å²) < 4.78 is 22.0. The lowest BCUT2D eigenvalue weighted by atomic mass is 9.75. The Balaban J connectivity index is 1.17. The second-order valence-electron chi connectivity index (χ2n) is 8.66. The van der Waals surface area contributed by atoms with E-state index in [4.69, 9.17) is 30.5 Å². The Morgan fingerprint density at radius 2 is 1.94 bits per heavy atom. The average Bonchev–Trinajstić information content (AvgIpc) is 3.41. The highest BCUT2D eigenvalue weighted by atomic mass is 35.5. The zero-order valence-electron chi connectivity index (χ0n) is 17.3. The van der Waals surface area contributed by atoms with Gasteiger partial charge in [0.2, 0.25) is 6.79 Å². The molecule has 0 amide bonds. The number of allylic oxidation sites excluding steroid dienone is 1. The molecule has 1 saturated heterocycles. The van der Waals surface area contributed by atoms with Crippen molar-refractivity contribution in [1.29, 1.82) is 0 Å². The molecule has 2 aromatic rings. The molecule has 2 aliphatic heterocycles. The Hall–Kier alpha value is -2.66. The van der Waals surface area contributed by atoms with Gasteiger partial charge in [-0.2, -0.15) is 0 Å². The number of carbonyl (C=O) groups excluding carboxylic acids is 1. The Bertz CT molecular complexity index is 1030. The van der Waals surface area contributed by atoms with Gasteiger partial charge >= 0.3 is 5.97 Å². The maximum absolute atomic E-state index is 12.5. The fraction of sp³-hybridized carbons (Fsp3) is 0.400. The maximum atomic E-state index is 12.5. The Labute approximate surface area is 186 Å². The van der Waals surface area contributed by atoms with Crippen LogP contribution in [-0.4, -0.2) is 26.0 Å². The van der Waals surface area contributed by atoms with Crippen LogP contribution in [0.25, 0.3) is 0 Å². The van der Waals surface area contributed by atoms with Crippen LogP contribution in [0.4, 0.5) is 0 Å². The second kappa shape index (κ2) is 8.12. The summed E-state index contributed by atoms with van der Waals surface area (Å²) in [6, 6.07) is 11.8. The SMILES string of the molecule is C=C1CC2COC(=O)C2(Cc2ccc(OCCCc3ccc4c(c3)OCO4)c(Cl)c2)C1. The van der Waals surface area contributed by atoms with Crippen LogP contribution < -0.4 is 14.2 Å². The van der Waals surface area contributed by atoms with Crippen molar-refractivity contribution < 1.29 is 23.7 Å². The van der Waals surface area contributed by atoms with Crippen molar-refractivity contribution in [2.24, 2.45) is 11.3 Å². The monoisotopic (exact) mass is 440 g/mol. The van der Waals surface area contributed by atoms with Crippen LogP contribution >= 0.6 is 11.6 Å². The van der Waals surface area contributed by atoms with E-state index in [1.165, 1.54) is 5.56 Å². The minimum absolute atomic E-state index is 0.101. The minimum Gasteiger partial charge on any atom is -0.492 e. The van der Waals surface area contributed by atoms with E-state index in [0.717, 1.165) is 41.9 Å². The first-order valence-electron chi connectivity index (χ1n) is 10.7. The zero-order valence-corrected chi connectivity index (χ0v) is 18.1. The molecule has 5 nitrogen and oxygen atoms in total. The number of esters is 1. The zero-order chi connectivity index (χ0) is 21.4. The number of carbonyl (C=O) groups is 1. The van der Waals surface area contributed by atoms with Gasteiger partial charge in [-0.25, -0.2) is 0 Å². The predicted octanol–water partition coefficient (Wildman–Crippen LogP) is 5.13. The molecule has 1 aliphatic carbocycles. The van der Waals surface area contributed by atoms with Gasteiger partial charge in [-0.15, -0.1) is 0 Å². The van der Waals surface area contributed by atoms with Crippen LogP contribution in [0.2, 0.25) is 5.02 Å². The van der Waals surface area contributed by atoms with E-state index < -0.39 is 5.41 Å². The van der Waals surface area contributed by atoms with Gasteiger partial charge in [-0.1, -0.05) is 35.9 Å². The fourth-order valence-electron chi connectivity index (χ4n) is 4.95. The standard InChI is InChI=1S/C25H25ClO5/c1-16-9-19-14-29-24(27)25(19,12-16)13-18-5-6-21(20(26)10-18)28-8-2-3-17-4-7-22-23(11-17)31-15-30-22/h4-7,10-11,19H,1-3,8-9,12-15H2. The highest BCUT2D eigenvalue weighted by Crippen LogP contribution is 2.52. The van der Waals surface area contributed by atoms with Crippen molar-refractivity contribution in [1.82, 2.24) is 0 Å². The van der Waals surface area contributed by atoms with Gasteiger partial charge in [0.25, 0.3) is 0 Å². The van der Waals surface area contributed by atoms with Crippen molar-refractivity contribution in [3.63, 3.8) is 0 Å². The van der Waals surface area contributed by atoms with Crippen LogP contribution in [0.15, 0.2) is 48.6 Å². The fourth-order valence-corrected chi connectivity index (χ4v) is 5.21. The normalized spacial score (nSPS) is 23.7. The van der Waals surface area contributed by atoms with Gasteiger partial charge in [0.1, 0.15) is 5.75 Å². The first kappa shape index (κ1) is 20.3. The third-order valence-electron chi connectivity index (χ3n) is 6.52. The predicted molar refractivity (Wildman–Crippen MR) is 117 cm³/mol. The number of cyclic esters (lactones) is 1. The third kappa shape index (κ3) is 3.87. The number of benzene rings is 2. The molecule has 31 heavy (non-hydrogen) atoms. The third-order valence-corrected chi connectivity index (χ3v) is 6.82. The van der Waals surface area contributed by atoms with Crippen LogP contribution in [0, 0.1) is 11.3 Å². The summed E-state index contributed by atoms with van der Waals surface area (Å²) in [5.74, 6) is 2.38. The Morgan fingerprint density at radius 1 is 1.10 bits per heavy atom. The molecule has 2 heterocycles. The molecule has 0 bridgehead atoms. The summed E-state index contributed by atoms with van der Waals surface area (Å²) in [6.07, 6.45) is 3.93. The van der Waals surface area contributed by atoms with E-state index in [0.29, 0.717) is 36.8 Å². The number of hydrogen-bond acceptors (Lipinski definition) is 5. The molecule has 162 valence electrons. The lowest BCUT2D eigenvalue weighted by molar-refractivity contribution is -0.146. The van der Waals surface area contributed by atoms with Crippen LogP contribution in [0.1, 0.15) is 30.4 Å². The van der Waals surface area contributed by atoms with Crippen LogP contribution in [0.3, 0.4) is 0 Å². The number of rotatable bonds is 7. The molecular weight excluding hydrogens is 416 g/mol. The molecular formula is C25H25ClO5. The Kier molecular flexibility index (Phi) is 5.30. The van der Waals surface area contributed by atoms with Gasteiger partial charge in [0.15, 0.2) is 11.5 Å². The quantitative estimate of drug-likeness (QED) is 0.339. The molecule has 1 saturated carbocycles. The van der Waals surface area contributed by atoms with E-state index in [1.807, 2.05) is 36.4 Å².